The number of anilines is 1. The number of ether oxygens (including phenoxy) is 1. The van der Waals surface area contributed by atoms with Crippen LogP contribution in [0.25, 0.3) is 0 Å². The molecule has 0 spiro atoms. The van der Waals surface area contributed by atoms with Gasteiger partial charge < -0.3 is 4.74 Å². The van der Waals surface area contributed by atoms with E-state index in [0.29, 0.717) is 25.2 Å². The number of Topliss-reactive ketones (excluding diaryl/α,β-unsaturated/α-hetero) is 1. The molecule has 14 heteroatoms. The molecule has 0 saturated carbocycles. The second-order valence-electron chi connectivity index (χ2n) is 10.5. The third-order valence-corrected chi connectivity index (χ3v) is 10.5. The second-order valence-corrected chi connectivity index (χ2v) is 14.5. The summed E-state index contributed by atoms with van der Waals surface area (Å²) in [4.78, 5) is 12.7. The minimum Gasteiger partial charge on any atom is -0.457 e. The number of rotatable bonds is 10. The molecule has 1 saturated heterocycles. The first-order valence-corrected chi connectivity index (χ1v) is 16.7. The van der Waals surface area contributed by atoms with Gasteiger partial charge in [0.2, 0.25) is 10.0 Å². The number of carbonyl (C=O) groups excluding carboxylic acids is 1. The van der Waals surface area contributed by atoms with Crippen molar-refractivity contribution in [3.05, 3.63) is 76.8 Å². The van der Waals surface area contributed by atoms with Crippen LogP contribution < -0.4 is 9.46 Å². The Morgan fingerprint density at radius 1 is 0.953 bits per heavy atom. The van der Waals surface area contributed by atoms with Crippen LogP contribution in [0.15, 0.2) is 70.5 Å². The highest BCUT2D eigenvalue weighted by molar-refractivity contribution is 7.92. The molecule has 0 aromatic heterocycles. The van der Waals surface area contributed by atoms with E-state index in [4.69, 9.17) is 16.3 Å². The lowest BCUT2D eigenvalue weighted by molar-refractivity contribution is -0.137. The first kappa shape index (κ1) is 32.8. The Bertz CT molecular complexity index is 1700. The molecule has 3 aromatic rings. The first-order chi connectivity index (χ1) is 20.1. The van der Waals surface area contributed by atoms with Gasteiger partial charge in [0.05, 0.1) is 21.0 Å². The number of halogens is 4. The van der Waals surface area contributed by atoms with Gasteiger partial charge in [-0.15, -0.1) is 0 Å². The largest absolute Gasteiger partial charge is 0.457 e. The Morgan fingerprint density at radius 2 is 1.60 bits per heavy atom. The molecule has 0 unspecified atom stereocenters. The Hall–Kier alpha value is -3.13. The molecule has 0 bridgehead atoms. The third kappa shape index (κ3) is 7.88. The molecule has 1 aliphatic rings. The molecule has 8 nitrogen and oxygen atoms in total. The Morgan fingerprint density at radius 3 is 2.19 bits per heavy atom. The highest BCUT2D eigenvalue weighted by Crippen LogP contribution is 2.35. The Labute approximate surface area is 253 Å². The van der Waals surface area contributed by atoms with Crippen molar-refractivity contribution in [1.82, 2.24) is 4.31 Å². The summed E-state index contributed by atoms with van der Waals surface area (Å²) < 4.78 is 101. The summed E-state index contributed by atoms with van der Waals surface area (Å²) in [5.41, 5.74) is -1.09. The number of benzene rings is 3. The number of piperidine rings is 1. The van der Waals surface area contributed by atoms with Crippen molar-refractivity contribution < 1.29 is 39.5 Å². The molecule has 0 amide bonds. The number of alkyl halides is 3. The maximum atomic E-state index is 13.1. The van der Waals surface area contributed by atoms with Crippen LogP contribution in [-0.4, -0.2) is 40.0 Å². The summed E-state index contributed by atoms with van der Waals surface area (Å²) in [5, 5.41) is -0.621. The van der Waals surface area contributed by atoms with Gasteiger partial charge >= 0.3 is 6.18 Å². The van der Waals surface area contributed by atoms with Crippen molar-refractivity contribution in [1.29, 1.82) is 0 Å². The van der Waals surface area contributed by atoms with Crippen molar-refractivity contribution in [2.45, 2.75) is 55.5 Å². The highest BCUT2D eigenvalue weighted by atomic mass is 35.5. The summed E-state index contributed by atoms with van der Waals surface area (Å²) in [5.74, 6) is -0.0253. The Kier molecular flexibility index (Phi) is 9.79. The molecule has 0 atom stereocenters. The van der Waals surface area contributed by atoms with Crippen LogP contribution in [0.4, 0.5) is 18.9 Å². The lowest BCUT2D eigenvalue weighted by Crippen LogP contribution is -2.35. The number of nitrogens with zero attached hydrogens (tertiary/aromatic N) is 1. The number of sulfonamides is 2. The third-order valence-electron chi connectivity index (χ3n) is 6.68. The van der Waals surface area contributed by atoms with Gasteiger partial charge in [-0.2, -0.15) is 17.5 Å². The van der Waals surface area contributed by atoms with Crippen molar-refractivity contribution in [3.63, 3.8) is 0 Å². The van der Waals surface area contributed by atoms with E-state index >= 15 is 0 Å². The minimum absolute atomic E-state index is 0.0362. The molecule has 0 radical (unpaired) electrons. The fourth-order valence-electron chi connectivity index (χ4n) is 4.55. The van der Waals surface area contributed by atoms with Crippen LogP contribution in [0.2, 0.25) is 5.02 Å². The van der Waals surface area contributed by atoms with Crippen LogP contribution in [0.5, 0.6) is 11.5 Å². The number of hydrogen-bond acceptors (Lipinski definition) is 6. The normalized spacial score (nSPS) is 15.0. The van der Waals surface area contributed by atoms with Crippen LogP contribution >= 0.6 is 11.6 Å². The first-order valence-electron chi connectivity index (χ1n) is 13.4. The number of carbonyl (C=O) groups is 1. The van der Waals surface area contributed by atoms with Gasteiger partial charge in [0.15, 0.2) is 5.78 Å². The quantitative estimate of drug-likeness (QED) is 0.228. The second kappa shape index (κ2) is 12.8. The summed E-state index contributed by atoms with van der Waals surface area (Å²) in [6, 6.07) is 11.6. The maximum absolute atomic E-state index is 13.1. The Balaban J connectivity index is 1.60. The predicted molar refractivity (Wildman–Crippen MR) is 157 cm³/mol. The maximum Gasteiger partial charge on any atom is 0.416 e. The SMILES string of the molecule is CC(C)CC(=O)c1cc(NS(=O)(=O)c2ccc(C(F)(F)F)cc2Cl)ccc1Oc1ccc(S(=O)(=O)N2CCCCC2)cc1. The van der Waals surface area contributed by atoms with Crippen molar-refractivity contribution >= 4 is 43.1 Å². The lowest BCUT2D eigenvalue weighted by atomic mass is 10.00. The van der Waals surface area contributed by atoms with Gasteiger partial charge in [0, 0.05) is 25.2 Å². The van der Waals surface area contributed by atoms with E-state index in [0.717, 1.165) is 25.3 Å². The molecule has 232 valence electrons. The minimum atomic E-state index is -4.71. The molecule has 3 aromatic carbocycles. The summed E-state index contributed by atoms with van der Waals surface area (Å²) in [6.45, 7) is 4.59. The van der Waals surface area contributed by atoms with Crippen molar-refractivity contribution in [2.75, 3.05) is 17.8 Å². The number of nitrogens with one attached hydrogen (secondary N) is 1. The molecular formula is C29H30ClF3N2O6S2. The lowest BCUT2D eigenvalue weighted by Gasteiger charge is -2.25. The molecule has 1 N–H and O–H groups in total. The molecule has 43 heavy (non-hydrogen) atoms. The van der Waals surface area contributed by atoms with E-state index in [2.05, 4.69) is 4.72 Å². The fraction of sp³-hybridized carbons (Fsp3) is 0.345. The molecule has 1 fully saturated rings. The topological polar surface area (TPSA) is 110 Å². The van der Waals surface area contributed by atoms with E-state index in [1.807, 2.05) is 13.8 Å². The van der Waals surface area contributed by atoms with E-state index < -0.39 is 41.7 Å². The molecule has 0 aliphatic carbocycles. The van der Waals surface area contributed by atoms with E-state index in [-0.39, 0.29) is 45.8 Å². The number of hydrogen-bond donors (Lipinski definition) is 1. The van der Waals surface area contributed by atoms with E-state index in [1.165, 1.54) is 46.8 Å². The number of ketones is 1. The van der Waals surface area contributed by atoms with E-state index in [9.17, 15) is 34.8 Å². The zero-order valence-electron chi connectivity index (χ0n) is 23.3. The van der Waals surface area contributed by atoms with Gasteiger partial charge in [-0.3, -0.25) is 9.52 Å². The average molecular weight is 659 g/mol. The van der Waals surface area contributed by atoms with Crippen LogP contribution in [-0.2, 0) is 26.2 Å². The zero-order chi connectivity index (χ0) is 31.6. The van der Waals surface area contributed by atoms with Gasteiger partial charge in [-0.25, -0.2) is 16.8 Å². The van der Waals surface area contributed by atoms with Crippen molar-refractivity contribution in [2.24, 2.45) is 5.92 Å². The van der Waals surface area contributed by atoms with E-state index in [1.54, 1.807) is 0 Å². The van der Waals surface area contributed by atoms with Gasteiger partial charge in [-0.1, -0.05) is 31.9 Å². The fourth-order valence-corrected chi connectivity index (χ4v) is 7.66. The average Bonchev–Trinajstić information content (AvgIpc) is 2.93. The zero-order valence-corrected chi connectivity index (χ0v) is 25.7. The van der Waals surface area contributed by atoms with Gasteiger partial charge in [0.25, 0.3) is 10.0 Å². The highest BCUT2D eigenvalue weighted by Gasteiger charge is 2.32. The molecule has 4 rings (SSSR count). The standard InChI is InChI=1S/C29H30ClF3N2O6S2/c1-19(2)16-26(36)24-18-21(34-42(37,38)28-13-6-20(17-25(28)30)29(31,32)33)7-12-27(24)41-22-8-10-23(11-9-22)43(39,40)35-14-4-3-5-15-35/h6-13,17-19,34H,3-5,14-16H2,1-2H3. The molecular weight excluding hydrogens is 629 g/mol. The van der Waals surface area contributed by atoms with Crippen LogP contribution in [0.1, 0.15) is 55.5 Å². The van der Waals surface area contributed by atoms with Crippen LogP contribution in [0, 0.1) is 5.92 Å². The molecule has 1 heterocycles. The summed E-state index contributed by atoms with van der Waals surface area (Å²) >= 11 is 5.89. The summed E-state index contributed by atoms with van der Waals surface area (Å²) in [7, 11) is -8.09. The smallest absolute Gasteiger partial charge is 0.416 e. The van der Waals surface area contributed by atoms with Gasteiger partial charge in [0.1, 0.15) is 16.4 Å². The van der Waals surface area contributed by atoms with Crippen LogP contribution in [0.3, 0.4) is 0 Å². The summed E-state index contributed by atoms with van der Waals surface area (Å²) in [6.07, 6.45) is -2.00. The van der Waals surface area contributed by atoms with Gasteiger partial charge in [-0.05, 0) is 79.4 Å². The monoisotopic (exact) mass is 658 g/mol. The molecule has 1 aliphatic heterocycles. The predicted octanol–water partition coefficient (Wildman–Crippen LogP) is 7.36. The van der Waals surface area contributed by atoms with Crippen molar-refractivity contribution in [3.8, 4) is 11.5 Å².